The van der Waals surface area contributed by atoms with Crippen LogP contribution in [0, 0.1) is 0 Å². The average Bonchev–Trinajstić information content (AvgIpc) is 2.78. The minimum absolute atomic E-state index is 0.0185. The Balaban J connectivity index is 2.11. The molecule has 0 radical (unpaired) electrons. The number of carbonyl (C=O) groups is 1. The maximum atomic E-state index is 11.8. The Hall–Kier alpha value is -1.82. The fourth-order valence-corrected chi connectivity index (χ4v) is 2.19. The van der Waals surface area contributed by atoms with Crippen molar-refractivity contribution in [3.63, 3.8) is 0 Å². The van der Waals surface area contributed by atoms with Crippen molar-refractivity contribution in [2.45, 2.75) is 26.2 Å². The fraction of sp³-hybridized carbons (Fsp3) is 0.333. The van der Waals surface area contributed by atoms with Gasteiger partial charge in [-0.3, -0.25) is 10.1 Å². The lowest BCUT2D eigenvalue weighted by Crippen LogP contribution is -2.14. The molecule has 5 nitrogen and oxygen atoms in total. The molecule has 18 heavy (non-hydrogen) atoms. The van der Waals surface area contributed by atoms with Crippen molar-refractivity contribution >= 4 is 22.4 Å². The SMILES string of the molecule is CC(C)(C)c1csc(NC(=O)c2cncnc2)n1. The Morgan fingerprint density at radius 2 is 1.94 bits per heavy atom. The molecule has 0 aliphatic carbocycles. The van der Waals surface area contributed by atoms with E-state index in [2.05, 4.69) is 41.0 Å². The van der Waals surface area contributed by atoms with E-state index in [-0.39, 0.29) is 11.3 Å². The number of aromatic nitrogens is 3. The highest BCUT2D eigenvalue weighted by Crippen LogP contribution is 2.26. The zero-order valence-corrected chi connectivity index (χ0v) is 11.3. The van der Waals surface area contributed by atoms with Gasteiger partial charge in [0.15, 0.2) is 5.13 Å². The summed E-state index contributed by atoms with van der Waals surface area (Å²) >= 11 is 1.42. The molecule has 2 aromatic heterocycles. The Labute approximate surface area is 109 Å². The fourth-order valence-electron chi connectivity index (χ4n) is 1.26. The van der Waals surface area contributed by atoms with Crippen LogP contribution >= 0.6 is 11.3 Å². The van der Waals surface area contributed by atoms with Crippen LogP contribution in [0.1, 0.15) is 36.8 Å². The van der Waals surface area contributed by atoms with Gasteiger partial charge >= 0.3 is 0 Å². The van der Waals surface area contributed by atoms with Gasteiger partial charge in [-0.1, -0.05) is 20.8 Å². The predicted octanol–water partition coefficient (Wildman–Crippen LogP) is 2.48. The summed E-state index contributed by atoms with van der Waals surface area (Å²) in [6, 6.07) is 0. The number of hydrogen-bond donors (Lipinski definition) is 1. The van der Waals surface area contributed by atoms with Gasteiger partial charge in [0.25, 0.3) is 5.91 Å². The lowest BCUT2D eigenvalue weighted by atomic mass is 9.93. The van der Waals surface area contributed by atoms with Crippen molar-refractivity contribution < 1.29 is 4.79 Å². The first kappa shape index (κ1) is 12.6. The summed E-state index contributed by atoms with van der Waals surface area (Å²) in [5.74, 6) is -0.245. The summed E-state index contributed by atoms with van der Waals surface area (Å²) in [4.78, 5) is 23.8. The molecule has 2 aromatic rings. The number of nitrogens with one attached hydrogen (secondary N) is 1. The van der Waals surface area contributed by atoms with Crippen LogP contribution in [0.15, 0.2) is 24.1 Å². The molecular weight excluding hydrogens is 248 g/mol. The number of amides is 1. The smallest absolute Gasteiger partial charge is 0.260 e. The van der Waals surface area contributed by atoms with Gasteiger partial charge in [-0.15, -0.1) is 11.3 Å². The van der Waals surface area contributed by atoms with Crippen molar-refractivity contribution in [3.8, 4) is 0 Å². The van der Waals surface area contributed by atoms with Crippen LogP contribution in [0.25, 0.3) is 0 Å². The van der Waals surface area contributed by atoms with E-state index in [9.17, 15) is 4.79 Å². The van der Waals surface area contributed by atoms with Crippen LogP contribution in [0.3, 0.4) is 0 Å². The molecule has 0 spiro atoms. The Bertz CT molecular complexity index is 545. The summed E-state index contributed by atoms with van der Waals surface area (Å²) in [6.07, 6.45) is 4.33. The standard InChI is InChI=1S/C12H14N4OS/c1-12(2,3)9-6-18-11(15-9)16-10(17)8-4-13-7-14-5-8/h4-7H,1-3H3,(H,15,16,17). The van der Waals surface area contributed by atoms with Gasteiger partial charge in [-0.05, 0) is 0 Å². The highest BCUT2D eigenvalue weighted by molar-refractivity contribution is 7.14. The molecule has 0 fully saturated rings. The van der Waals surface area contributed by atoms with Crippen LogP contribution < -0.4 is 5.32 Å². The van der Waals surface area contributed by atoms with Gasteiger partial charge in [0.05, 0.1) is 11.3 Å². The van der Waals surface area contributed by atoms with Crippen LogP contribution in [0.4, 0.5) is 5.13 Å². The molecule has 94 valence electrons. The van der Waals surface area contributed by atoms with E-state index in [1.54, 1.807) is 0 Å². The van der Waals surface area contributed by atoms with Gasteiger partial charge < -0.3 is 0 Å². The number of thiazole rings is 1. The summed E-state index contributed by atoms with van der Waals surface area (Å²) in [5.41, 5.74) is 1.37. The minimum atomic E-state index is -0.245. The molecule has 1 N–H and O–H groups in total. The lowest BCUT2D eigenvalue weighted by Gasteiger charge is -2.14. The molecule has 0 bridgehead atoms. The second-order valence-electron chi connectivity index (χ2n) is 4.87. The van der Waals surface area contributed by atoms with Gasteiger partial charge in [-0.25, -0.2) is 15.0 Å². The molecule has 2 heterocycles. The Morgan fingerprint density at radius 3 is 2.50 bits per heavy atom. The second kappa shape index (κ2) is 4.81. The summed E-state index contributed by atoms with van der Waals surface area (Å²) < 4.78 is 0. The number of rotatable bonds is 2. The van der Waals surface area contributed by atoms with Gasteiger partial charge in [-0.2, -0.15) is 0 Å². The first-order valence-electron chi connectivity index (χ1n) is 5.49. The first-order chi connectivity index (χ1) is 8.47. The largest absolute Gasteiger partial charge is 0.298 e. The van der Waals surface area contributed by atoms with Crippen LogP contribution in [-0.4, -0.2) is 20.9 Å². The quantitative estimate of drug-likeness (QED) is 0.902. The van der Waals surface area contributed by atoms with E-state index in [4.69, 9.17) is 0 Å². The normalized spacial score (nSPS) is 11.3. The third-order valence-corrected chi connectivity index (χ3v) is 3.07. The van der Waals surface area contributed by atoms with Crippen molar-refractivity contribution in [1.29, 1.82) is 0 Å². The predicted molar refractivity (Wildman–Crippen MR) is 70.8 cm³/mol. The number of anilines is 1. The maximum absolute atomic E-state index is 11.8. The molecule has 2 rings (SSSR count). The zero-order valence-electron chi connectivity index (χ0n) is 10.5. The molecule has 0 saturated carbocycles. The molecule has 0 aromatic carbocycles. The van der Waals surface area contributed by atoms with Gasteiger partial charge in [0.1, 0.15) is 6.33 Å². The van der Waals surface area contributed by atoms with Gasteiger partial charge in [0.2, 0.25) is 0 Å². The van der Waals surface area contributed by atoms with Crippen LogP contribution in [0.5, 0.6) is 0 Å². The Morgan fingerprint density at radius 1 is 1.28 bits per heavy atom. The Kier molecular flexibility index (Phi) is 3.38. The zero-order chi connectivity index (χ0) is 13.2. The van der Waals surface area contributed by atoms with Crippen LogP contribution in [0.2, 0.25) is 0 Å². The van der Waals surface area contributed by atoms with Crippen molar-refractivity contribution in [2.24, 2.45) is 0 Å². The minimum Gasteiger partial charge on any atom is -0.298 e. The molecule has 0 saturated heterocycles. The molecule has 1 amide bonds. The van der Waals surface area contributed by atoms with Crippen LogP contribution in [-0.2, 0) is 5.41 Å². The highest BCUT2D eigenvalue weighted by Gasteiger charge is 2.18. The molecule has 0 aliphatic rings. The van der Waals surface area contributed by atoms with Crippen molar-refractivity contribution in [1.82, 2.24) is 15.0 Å². The average molecular weight is 262 g/mol. The van der Waals surface area contributed by atoms with E-state index in [1.807, 2.05) is 5.38 Å². The topological polar surface area (TPSA) is 67.8 Å². The van der Waals surface area contributed by atoms with E-state index in [1.165, 1.54) is 30.1 Å². The summed E-state index contributed by atoms with van der Waals surface area (Å²) in [5, 5.41) is 5.29. The summed E-state index contributed by atoms with van der Waals surface area (Å²) in [6.45, 7) is 6.25. The summed E-state index contributed by atoms with van der Waals surface area (Å²) in [7, 11) is 0. The third kappa shape index (κ3) is 2.89. The monoisotopic (exact) mass is 262 g/mol. The van der Waals surface area contributed by atoms with Crippen molar-refractivity contribution in [3.05, 3.63) is 35.4 Å². The van der Waals surface area contributed by atoms with Gasteiger partial charge in [0, 0.05) is 23.2 Å². The second-order valence-corrected chi connectivity index (χ2v) is 5.73. The molecule has 0 aliphatic heterocycles. The van der Waals surface area contributed by atoms with E-state index in [0.29, 0.717) is 10.7 Å². The number of hydrogen-bond acceptors (Lipinski definition) is 5. The van der Waals surface area contributed by atoms with E-state index >= 15 is 0 Å². The molecule has 6 heteroatoms. The number of carbonyl (C=O) groups excluding carboxylic acids is 1. The first-order valence-corrected chi connectivity index (χ1v) is 6.37. The number of nitrogens with zero attached hydrogens (tertiary/aromatic N) is 3. The van der Waals surface area contributed by atoms with E-state index in [0.717, 1.165) is 5.69 Å². The highest BCUT2D eigenvalue weighted by atomic mass is 32.1. The lowest BCUT2D eigenvalue weighted by molar-refractivity contribution is 0.102. The molecular formula is C12H14N4OS. The van der Waals surface area contributed by atoms with Crippen molar-refractivity contribution in [2.75, 3.05) is 5.32 Å². The molecule has 0 unspecified atom stereocenters. The molecule has 0 atom stereocenters. The van der Waals surface area contributed by atoms with E-state index < -0.39 is 0 Å². The maximum Gasteiger partial charge on any atom is 0.260 e. The third-order valence-electron chi connectivity index (χ3n) is 2.32.